The summed E-state index contributed by atoms with van der Waals surface area (Å²) in [6.45, 7) is 0. The summed E-state index contributed by atoms with van der Waals surface area (Å²) in [4.78, 5) is 0. The molecule has 0 saturated carbocycles. The highest BCUT2D eigenvalue weighted by molar-refractivity contribution is 7.34. The Hall–Kier alpha value is -2.76. The zero-order valence-corrected chi connectivity index (χ0v) is 13.8. The molecule has 0 aliphatic heterocycles. The van der Waals surface area contributed by atoms with Crippen molar-refractivity contribution in [2.45, 2.75) is 0 Å². The van der Waals surface area contributed by atoms with Gasteiger partial charge in [0.1, 0.15) is 0 Å². The van der Waals surface area contributed by atoms with Gasteiger partial charge in [-0.3, -0.25) is 4.57 Å². The van der Waals surface area contributed by atoms with Crippen LogP contribution >= 0.6 is 8.46 Å². The van der Waals surface area contributed by atoms with Crippen molar-refractivity contribution < 1.29 is 4.57 Å². The van der Waals surface area contributed by atoms with Gasteiger partial charge in [0.25, 0.3) is 0 Å². The maximum absolute atomic E-state index is 11.0. The van der Waals surface area contributed by atoms with Gasteiger partial charge in [0.15, 0.2) is 8.46 Å². The van der Waals surface area contributed by atoms with Crippen molar-refractivity contribution in [3.8, 4) is 11.1 Å². The maximum atomic E-state index is 11.0. The highest BCUT2D eigenvalue weighted by Crippen LogP contribution is 2.38. The van der Waals surface area contributed by atoms with E-state index < -0.39 is 0 Å². The van der Waals surface area contributed by atoms with Crippen molar-refractivity contribution in [3.05, 3.63) is 78.9 Å². The molecule has 5 aromatic carbocycles. The second-order valence-electron chi connectivity index (χ2n) is 6.11. The fourth-order valence-electron chi connectivity index (χ4n) is 3.69. The first kappa shape index (κ1) is 13.7. The minimum Gasteiger partial charge on any atom is -0.269 e. The first-order chi connectivity index (χ1) is 11.8. The van der Waals surface area contributed by atoms with E-state index in [-0.39, 0.29) is 8.46 Å². The summed E-state index contributed by atoms with van der Waals surface area (Å²) < 4.78 is 11.0. The average Bonchev–Trinajstić information content (AvgIpc) is 2.66. The van der Waals surface area contributed by atoms with Gasteiger partial charge in [-0.05, 0) is 55.6 Å². The number of hydrogen-bond donors (Lipinski definition) is 0. The van der Waals surface area contributed by atoms with Crippen molar-refractivity contribution in [2.24, 2.45) is 0 Å². The largest absolute Gasteiger partial charge is 0.269 e. The number of hydrogen-bond acceptors (Lipinski definition) is 1. The van der Waals surface area contributed by atoms with Gasteiger partial charge in [0, 0.05) is 5.30 Å². The molecule has 0 N–H and O–H groups in total. The van der Waals surface area contributed by atoms with Crippen LogP contribution < -0.4 is 5.30 Å². The molecule has 0 saturated heterocycles. The van der Waals surface area contributed by atoms with Gasteiger partial charge in [-0.2, -0.15) is 0 Å². The van der Waals surface area contributed by atoms with E-state index in [9.17, 15) is 4.57 Å². The molecule has 1 nitrogen and oxygen atoms in total. The Kier molecular flexibility index (Phi) is 2.92. The van der Waals surface area contributed by atoms with Crippen LogP contribution in [0.3, 0.4) is 0 Å². The minimum atomic E-state index is 0.0656. The van der Waals surface area contributed by atoms with Gasteiger partial charge in [-0.1, -0.05) is 66.7 Å². The first-order valence-electron chi connectivity index (χ1n) is 7.95. The van der Waals surface area contributed by atoms with Crippen LogP contribution in [-0.4, -0.2) is 0 Å². The van der Waals surface area contributed by atoms with Gasteiger partial charge < -0.3 is 0 Å². The maximum Gasteiger partial charge on any atom is 0.192 e. The Morgan fingerprint density at radius 2 is 1.21 bits per heavy atom. The molecule has 0 fully saturated rings. The van der Waals surface area contributed by atoms with E-state index in [0.717, 1.165) is 10.9 Å². The zero-order valence-electron chi connectivity index (χ0n) is 12.9. The van der Waals surface area contributed by atoms with E-state index in [4.69, 9.17) is 0 Å². The molecule has 24 heavy (non-hydrogen) atoms. The molecular formula is C22H13OP. The molecule has 5 rings (SSSR count). The van der Waals surface area contributed by atoms with Crippen molar-refractivity contribution in [1.29, 1.82) is 0 Å². The topological polar surface area (TPSA) is 17.1 Å². The van der Waals surface area contributed by atoms with E-state index in [0.29, 0.717) is 0 Å². The summed E-state index contributed by atoms with van der Waals surface area (Å²) in [5.74, 6) is 0. The van der Waals surface area contributed by atoms with E-state index in [1.54, 1.807) is 0 Å². The summed E-state index contributed by atoms with van der Waals surface area (Å²) in [5.41, 5.74) is 2.37. The van der Waals surface area contributed by atoms with Crippen LogP contribution in [0.5, 0.6) is 0 Å². The Balaban J connectivity index is 1.91. The molecule has 0 unspecified atom stereocenters. The lowest BCUT2D eigenvalue weighted by Crippen LogP contribution is -1.91. The third kappa shape index (κ3) is 1.89. The van der Waals surface area contributed by atoms with Crippen LogP contribution in [-0.2, 0) is 4.57 Å². The standard InChI is InChI=1S/C22H13OP/c23-24-18-10-6-14(7-11-18)19-12-8-17-5-4-15-2-1-3-16-9-13-20(19)22(17)21(15)16/h1-13H. The Bertz CT molecular complexity index is 1190. The molecule has 0 aromatic heterocycles. The fraction of sp³-hybridized carbons (Fsp3) is 0. The highest BCUT2D eigenvalue weighted by Gasteiger charge is 2.11. The predicted molar refractivity (Wildman–Crippen MR) is 103 cm³/mol. The molecule has 0 bridgehead atoms. The summed E-state index contributed by atoms with van der Waals surface area (Å²) in [7, 11) is 0.0656. The number of rotatable bonds is 2. The number of benzene rings is 5. The Morgan fingerprint density at radius 1 is 0.583 bits per heavy atom. The van der Waals surface area contributed by atoms with Crippen LogP contribution in [0.25, 0.3) is 43.4 Å². The lowest BCUT2D eigenvalue weighted by molar-refractivity contribution is 0.603. The fourth-order valence-corrected chi connectivity index (χ4v) is 3.96. The van der Waals surface area contributed by atoms with E-state index in [1.807, 2.05) is 24.3 Å². The second kappa shape index (κ2) is 5.12. The van der Waals surface area contributed by atoms with Crippen LogP contribution in [0.2, 0.25) is 0 Å². The Morgan fingerprint density at radius 3 is 1.92 bits per heavy atom. The summed E-state index contributed by atoms with van der Waals surface area (Å²) >= 11 is 0. The molecule has 5 aromatic rings. The van der Waals surface area contributed by atoms with Crippen LogP contribution in [0.15, 0.2) is 78.9 Å². The summed E-state index contributed by atoms with van der Waals surface area (Å²) in [5, 5.41) is 8.57. The normalized spacial score (nSPS) is 11.8. The summed E-state index contributed by atoms with van der Waals surface area (Å²) in [6, 6.07) is 27.6. The van der Waals surface area contributed by atoms with Gasteiger partial charge in [-0.15, -0.1) is 0 Å². The van der Waals surface area contributed by atoms with Crippen molar-refractivity contribution in [3.63, 3.8) is 0 Å². The quantitative estimate of drug-likeness (QED) is 0.280. The van der Waals surface area contributed by atoms with Crippen LogP contribution in [0.1, 0.15) is 0 Å². The molecule has 0 amide bonds. The molecule has 0 heterocycles. The summed E-state index contributed by atoms with van der Waals surface area (Å²) in [6.07, 6.45) is 0. The van der Waals surface area contributed by atoms with Crippen LogP contribution in [0, 0.1) is 0 Å². The lowest BCUT2D eigenvalue weighted by atomic mass is 9.90. The van der Waals surface area contributed by atoms with Gasteiger partial charge in [-0.25, -0.2) is 0 Å². The molecule has 0 aliphatic rings. The van der Waals surface area contributed by atoms with Crippen LogP contribution in [0.4, 0.5) is 0 Å². The molecule has 2 heteroatoms. The first-order valence-corrected chi connectivity index (χ1v) is 8.77. The minimum absolute atomic E-state index is 0.0656. The molecule has 0 radical (unpaired) electrons. The van der Waals surface area contributed by atoms with Gasteiger partial charge in [0.05, 0.1) is 0 Å². The SMILES string of the molecule is O=Pc1ccc(-c2ccc3ccc4cccc5ccc2c3c45)cc1. The van der Waals surface area contributed by atoms with E-state index >= 15 is 0 Å². The predicted octanol–water partition coefficient (Wildman–Crippen LogP) is 6.17. The van der Waals surface area contributed by atoms with Gasteiger partial charge in [0.2, 0.25) is 0 Å². The molecule has 0 aliphatic carbocycles. The molecule has 0 spiro atoms. The van der Waals surface area contributed by atoms with Crippen molar-refractivity contribution in [1.82, 2.24) is 0 Å². The third-order valence-corrected chi connectivity index (χ3v) is 5.32. The zero-order chi connectivity index (χ0) is 16.1. The third-order valence-electron chi connectivity index (χ3n) is 4.81. The highest BCUT2D eigenvalue weighted by atomic mass is 31.1. The average molecular weight is 324 g/mol. The van der Waals surface area contributed by atoms with E-state index in [2.05, 4.69) is 54.6 Å². The second-order valence-corrected chi connectivity index (χ2v) is 6.81. The monoisotopic (exact) mass is 324 g/mol. The lowest BCUT2D eigenvalue weighted by Gasteiger charge is -2.14. The molecular weight excluding hydrogens is 311 g/mol. The molecule has 112 valence electrons. The molecule has 0 atom stereocenters. The van der Waals surface area contributed by atoms with Crippen molar-refractivity contribution >= 4 is 46.1 Å². The smallest absolute Gasteiger partial charge is 0.192 e. The van der Waals surface area contributed by atoms with Crippen molar-refractivity contribution in [2.75, 3.05) is 0 Å². The van der Waals surface area contributed by atoms with E-state index in [1.165, 1.54) is 37.9 Å². The van der Waals surface area contributed by atoms with Gasteiger partial charge >= 0.3 is 0 Å². The Labute approximate surface area is 141 Å².